The number of aryl methyl sites for hydroxylation is 1. The lowest BCUT2D eigenvalue weighted by Gasteiger charge is -2.36. The summed E-state index contributed by atoms with van der Waals surface area (Å²) in [7, 11) is -3.92. The van der Waals surface area contributed by atoms with E-state index in [1.165, 1.54) is 8.99 Å². The number of nitrogens with zero attached hydrogens (tertiary/aromatic N) is 6. The molecular formula is C24H35ClN6O3S. The zero-order valence-corrected chi connectivity index (χ0v) is 22.3. The summed E-state index contributed by atoms with van der Waals surface area (Å²) in [6.45, 7) is 12.1. The van der Waals surface area contributed by atoms with Crippen LogP contribution in [0.3, 0.4) is 0 Å². The molecule has 0 bridgehead atoms. The Kier molecular flexibility index (Phi) is 8.05. The van der Waals surface area contributed by atoms with Crippen molar-refractivity contribution in [2.24, 2.45) is 5.92 Å². The Morgan fingerprint density at radius 1 is 1.03 bits per heavy atom. The summed E-state index contributed by atoms with van der Waals surface area (Å²) in [4.78, 5) is 19.6. The quantitative estimate of drug-likeness (QED) is 0.555. The summed E-state index contributed by atoms with van der Waals surface area (Å²) in [5.41, 5.74) is 1.06. The standard InChI is InChI=1S/C24H35ClN6O3S/c1-4-30-18-20(24(32)29-11-9-27(10-12-29)17-19(2)3)23(26-30)35(33,34)31-15-13-28(14-16-31)22-8-6-5-7-21(22)25/h5-8,18-19H,4,9-17H2,1-3H3. The lowest BCUT2D eigenvalue weighted by atomic mass is 10.2. The first-order valence-electron chi connectivity index (χ1n) is 12.3. The summed E-state index contributed by atoms with van der Waals surface area (Å²) in [5, 5.41) is 4.84. The second-order valence-electron chi connectivity index (χ2n) is 9.53. The number of carbonyl (C=O) groups excluding carboxylic acids is 1. The second-order valence-corrected chi connectivity index (χ2v) is 11.8. The molecule has 2 aliphatic heterocycles. The Hall–Kier alpha value is -2.14. The van der Waals surface area contributed by atoms with E-state index in [2.05, 4.69) is 28.7 Å². The number of anilines is 1. The van der Waals surface area contributed by atoms with Gasteiger partial charge >= 0.3 is 0 Å². The number of halogens is 1. The number of benzene rings is 1. The molecule has 0 unspecified atom stereocenters. The maximum absolute atomic E-state index is 13.6. The van der Waals surface area contributed by atoms with Crippen LogP contribution < -0.4 is 4.90 Å². The van der Waals surface area contributed by atoms with Crippen LogP contribution in [0.4, 0.5) is 5.69 Å². The van der Waals surface area contributed by atoms with Gasteiger partial charge in [-0.2, -0.15) is 9.40 Å². The van der Waals surface area contributed by atoms with Crippen molar-refractivity contribution in [3.8, 4) is 0 Å². The van der Waals surface area contributed by atoms with Crippen molar-refractivity contribution in [3.63, 3.8) is 0 Å². The summed E-state index contributed by atoms with van der Waals surface area (Å²) >= 11 is 6.33. The van der Waals surface area contributed by atoms with Crippen LogP contribution in [0.2, 0.25) is 5.02 Å². The number of hydrogen-bond acceptors (Lipinski definition) is 6. The van der Waals surface area contributed by atoms with Gasteiger partial charge in [-0.1, -0.05) is 37.6 Å². The molecule has 11 heteroatoms. The van der Waals surface area contributed by atoms with Gasteiger partial charge < -0.3 is 9.80 Å². The smallest absolute Gasteiger partial charge is 0.263 e. The third-order valence-corrected chi connectivity index (χ3v) is 8.74. The summed E-state index contributed by atoms with van der Waals surface area (Å²) in [5.74, 6) is 0.303. The van der Waals surface area contributed by atoms with Gasteiger partial charge in [0.1, 0.15) is 0 Å². The molecule has 2 fully saturated rings. The fourth-order valence-electron chi connectivity index (χ4n) is 4.72. The zero-order valence-electron chi connectivity index (χ0n) is 20.7. The van der Waals surface area contributed by atoms with Gasteiger partial charge in [0.15, 0.2) is 0 Å². The van der Waals surface area contributed by atoms with E-state index in [9.17, 15) is 13.2 Å². The van der Waals surface area contributed by atoms with E-state index in [-0.39, 0.29) is 16.5 Å². The minimum Gasteiger partial charge on any atom is -0.368 e. The van der Waals surface area contributed by atoms with Gasteiger partial charge in [0, 0.05) is 71.6 Å². The molecule has 1 amide bonds. The van der Waals surface area contributed by atoms with Gasteiger partial charge in [0.2, 0.25) is 5.03 Å². The highest BCUT2D eigenvalue weighted by Gasteiger charge is 2.36. The number of sulfonamides is 1. The van der Waals surface area contributed by atoms with Crippen LogP contribution >= 0.6 is 11.6 Å². The van der Waals surface area contributed by atoms with E-state index < -0.39 is 10.0 Å². The number of amides is 1. The Morgan fingerprint density at radius 2 is 1.69 bits per heavy atom. The molecule has 1 aromatic carbocycles. The monoisotopic (exact) mass is 522 g/mol. The lowest BCUT2D eigenvalue weighted by molar-refractivity contribution is 0.0620. The lowest BCUT2D eigenvalue weighted by Crippen LogP contribution is -2.50. The Labute approximate surface area is 213 Å². The minimum absolute atomic E-state index is 0.139. The number of para-hydroxylation sites is 1. The molecule has 0 atom stereocenters. The molecule has 1 aromatic heterocycles. The molecular weight excluding hydrogens is 488 g/mol. The van der Waals surface area contributed by atoms with Gasteiger partial charge in [-0.3, -0.25) is 14.4 Å². The number of aromatic nitrogens is 2. The predicted octanol–water partition coefficient (Wildman–Crippen LogP) is 2.48. The van der Waals surface area contributed by atoms with Gasteiger partial charge in [0.25, 0.3) is 15.9 Å². The molecule has 3 heterocycles. The number of piperazine rings is 2. The van der Waals surface area contributed by atoms with E-state index in [4.69, 9.17) is 11.6 Å². The fourth-order valence-corrected chi connectivity index (χ4v) is 6.49. The highest BCUT2D eigenvalue weighted by Crippen LogP contribution is 2.28. The molecule has 4 rings (SSSR count). The average Bonchev–Trinajstić information content (AvgIpc) is 3.30. The summed E-state index contributed by atoms with van der Waals surface area (Å²) in [6.07, 6.45) is 1.58. The summed E-state index contributed by atoms with van der Waals surface area (Å²) in [6, 6.07) is 7.56. The van der Waals surface area contributed by atoms with E-state index >= 15 is 0 Å². The van der Waals surface area contributed by atoms with Gasteiger partial charge in [-0.15, -0.1) is 0 Å². The van der Waals surface area contributed by atoms with Gasteiger partial charge in [0.05, 0.1) is 16.3 Å². The Balaban J connectivity index is 1.49. The largest absolute Gasteiger partial charge is 0.368 e. The third kappa shape index (κ3) is 5.66. The molecule has 2 saturated heterocycles. The van der Waals surface area contributed by atoms with Crippen molar-refractivity contribution >= 4 is 33.2 Å². The van der Waals surface area contributed by atoms with E-state index in [0.717, 1.165) is 25.3 Å². The maximum atomic E-state index is 13.6. The molecule has 0 spiro atoms. The molecule has 35 heavy (non-hydrogen) atoms. The topological polar surface area (TPSA) is 82.0 Å². The fraction of sp³-hybridized carbons (Fsp3) is 0.583. The van der Waals surface area contributed by atoms with Gasteiger partial charge in [-0.05, 0) is 25.0 Å². The maximum Gasteiger partial charge on any atom is 0.263 e. The van der Waals surface area contributed by atoms with E-state index in [1.807, 2.05) is 31.2 Å². The van der Waals surface area contributed by atoms with E-state index in [0.29, 0.717) is 56.8 Å². The highest BCUT2D eigenvalue weighted by atomic mass is 35.5. The molecule has 9 nitrogen and oxygen atoms in total. The average molecular weight is 523 g/mol. The number of carbonyl (C=O) groups is 1. The first-order chi connectivity index (χ1) is 16.7. The van der Waals surface area contributed by atoms with Crippen LogP contribution in [0.25, 0.3) is 0 Å². The third-order valence-electron chi connectivity index (χ3n) is 6.58. The second kappa shape index (κ2) is 10.9. The van der Waals surface area contributed by atoms with Crippen molar-refractivity contribution in [1.82, 2.24) is 23.9 Å². The van der Waals surface area contributed by atoms with Crippen molar-refractivity contribution in [1.29, 1.82) is 0 Å². The molecule has 0 aliphatic carbocycles. The molecule has 2 aromatic rings. The van der Waals surface area contributed by atoms with Gasteiger partial charge in [-0.25, -0.2) is 8.42 Å². The number of hydrogen-bond donors (Lipinski definition) is 0. The van der Waals surface area contributed by atoms with Crippen molar-refractivity contribution in [2.75, 3.05) is 63.8 Å². The van der Waals surface area contributed by atoms with Crippen molar-refractivity contribution < 1.29 is 13.2 Å². The molecule has 2 aliphatic rings. The zero-order chi connectivity index (χ0) is 25.2. The van der Waals surface area contributed by atoms with Crippen LogP contribution in [0.15, 0.2) is 35.5 Å². The number of rotatable bonds is 7. The Morgan fingerprint density at radius 3 is 2.29 bits per heavy atom. The van der Waals surface area contributed by atoms with Crippen molar-refractivity contribution in [2.45, 2.75) is 32.3 Å². The van der Waals surface area contributed by atoms with Crippen LogP contribution in [-0.2, 0) is 16.6 Å². The van der Waals surface area contributed by atoms with Crippen LogP contribution in [0, 0.1) is 5.92 Å². The molecule has 0 N–H and O–H groups in total. The normalized spacial score (nSPS) is 18.4. The van der Waals surface area contributed by atoms with Crippen LogP contribution in [-0.4, -0.2) is 97.1 Å². The SMILES string of the molecule is CCn1cc(C(=O)N2CCN(CC(C)C)CC2)c(S(=O)(=O)N2CCN(c3ccccc3Cl)CC2)n1. The first kappa shape index (κ1) is 25.9. The Bertz CT molecular complexity index is 1140. The first-order valence-corrected chi connectivity index (χ1v) is 14.1. The molecule has 0 saturated carbocycles. The highest BCUT2D eigenvalue weighted by molar-refractivity contribution is 7.89. The van der Waals surface area contributed by atoms with Crippen LogP contribution in [0.5, 0.6) is 0 Å². The molecule has 192 valence electrons. The minimum atomic E-state index is -3.92. The summed E-state index contributed by atoms with van der Waals surface area (Å²) < 4.78 is 30.2. The van der Waals surface area contributed by atoms with Crippen molar-refractivity contribution in [3.05, 3.63) is 41.0 Å². The van der Waals surface area contributed by atoms with E-state index in [1.54, 1.807) is 11.1 Å². The van der Waals surface area contributed by atoms with Crippen LogP contribution in [0.1, 0.15) is 31.1 Å². The predicted molar refractivity (Wildman–Crippen MR) is 138 cm³/mol. The molecule has 0 radical (unpaired) electrons.